The van der Waals surface area contributed by atoms with Crippen molar-refractivity contribution >= 4 is 23.1 Å². The van der Waals surface area contributed by atoms with Crippen LogP contribution in [0.5, 0.6) is 0 Å². The monoisotopic (exact) mass is 310 g/mol. The van der Waals surface area contributed by atoms with Crippen molar-refractivity contribution in [3.8, 4) is 0 Å². The van der Waals surface area contributed by atoms with Crippen molar-refractivity contribution in [1.29, 1.82) is 0 Å². The molecule has 0 aromatic carbocycles. The summed E-state index contributed by atoms with van der Waals surface area (Å²) < 4.78 is 21.6. The van der Waals surface area contributed by atoms with Gasteiger partial charge < -0.3 is 25.3 Å². The maximum atomic E-state index is 14.9. The summed E-state index contributed by atoms with van der Waals surface area (Å²) in [5.74, 6) is 0.0867. The molecule has 1 saturated heterocycles. The standard InChI is InChI=1S/C13H15FN4O4/c1-13(14)9(21)7(4-20)22-12(13)18-2-6(3-19)8-10(15)16-5-17-11(8)18/h2-3,5,7,9,12,20-21H,4H2,1H3,(H2,15,16,17)/t7?,9-,12?,13+/m1/s1. The number of nitrogens with zero attached hydrogens (tertiary/aromatic N) is 3. The fourth-order valence-corrected chi connectivity index (χ4v) is 2.77. The minimum Gasteiger partial charge on any atom is -0.394 e. The van der Waals surface area contributed by atoms with E-state index in [4.69, 9.17) is 10.5 Å². The van der Waals surface area contributed by atoms with Gasteiger partial charge in [-0.05, 0) is 6.92 Å². The average Bonchev–Trinajstić information content (AvgIpc) is 2.97. The summed E-state index contributed by atoms with van der Waals surface area (Å²) in [6, 6.07) is 0. The van der Waals surface area contributed by atoms with Crippen LogP contribution in [-0.4, -0.2) is 55.5 Å². The Bertz CT molecular complexity index is 732. The van der Waals surface area contributed by atoms with Gasteiger partial charge in [0.15, 0.2) is 18.2 Å². The second-order valence-electron chi connectivity index (χ2n) is 5.37. The fourth-order valence-electron chi connectivity index (χ4n) is 2.77. The number of aliphatic hydroxyl groups is 2. The number of aromatic nitrogens is 3. The Morgan fingerprint density at radius 3 is 2.91 bits per heavy atom. The molecule has 4 N–H and O–H groups in total. The van der Waals surface area contributed by atoms with Gasteiger partial charge in [0.05, 0.1) is 12.0 Å². The molecular formula is C13H15FN4O4. The lowest BCUT2D eigenvalue weighted by Gasteiger charge is -2.25. The molecule has 3 rings (SSSR count). The number of nitrogens with two attached hydrogens (primary N) is 1. The number of anilines is 1. The first-order valence-corrected chi connectivity index (χ1v) is 6.61. The molecule has 0 bridgehead atoms. The van der Waals surface area contributed by atoms with Crippen molar-refractivity contribution in [1.82, 2.24) is 14.5 Å². The Balaban J connectivity index is 2.19. The van der Waals surface area contributed by atoms with Gasteiger partial charge in [-0.15, -0.1) is 0 Å². The van der Waals surface area contributed by atoms with Crippen LogP contribution in [-0.2, 0) is 4.74 Å². The Labute approximate surface area is 124 Å². The number of aldehydes is 1. The number of carbonyl (C=O) groups excluding carboxylic acids is 1. The zero-order valence-corrected chi connectivity index (χ0v) is 11.7. The number of rotatable bonds is 3. The molecule has 0 amide bonds. The minimum absolute atomic E-state index is 0.0867. The molecule has 2 unspecified atom stereocenters. The van der Waals surface area contributed by atoms with Crippen LogP contribution in [0.25, 0.3) is 11.0 Å². The van der Waals surface area contributed by atoms with Crippen molar-refractivity contribution in [3.63, 3.8) is 0 Å². The molecule has 22 heavy (non-hydrogen) atoms. The number of fused-ring (bicyclic) bond motifs is 1. The van der Waals surface area contributed by atoms with Gasteiger partial charge in [0.1, 0.15) is 30.0 Å². The molecule has 3 heterocycles. The normalized spacial score (nSPS) is 31.7. The van der Waals surface area contributed by atoms with Crippen molar-refractivity contribution < 1.29 is 24.1 Å². The van der Waals surface area contributed by atoms with Crippen molar-refractivity contribution in [2.24, 2.45) is 0 Å². The highest BCUT2D eigenvalue weighted by atomic mass is 19.1. The van der Waals surface area contributed by atoms with Gasteiger partial charge >= 0.3 is 0 Å². The maximum Gasteiger partial charge on any atom is 0.181 e. The third-order valence-corrected chi connectivity index (χ3v) is 3.94. The van der Waals surface area contributed by atoms with Crippen LogP contribution in [0.15, 0.2) is 12.5 Å². The van der Waals surface area contributed by atoms with E-state index in [-0.39, 0.29) is 17.0 Å². The molecule has 0 aliphatic carbocycles. The second-order valence-corrected chi connectivity index (χ2v) is 5.37. The lowest BCUT2D eigenvalue weighted by molar-refractivity contribution is -0.0564. The van der Waals surface area contributed by atoms with E-state index in [1.165, 1.54) is 17.1 Å². The third-order valence-electron chi connectivity index (χ3n) is 3.94. The van der Waals surface area contributed by atoms with Crippen LogP contribution in [0.1, 0.15) is 23.5 Å². The Hall–Kier alpha value is -2.10. The molecule has 118 valence electrons. The second kappa shape index (κ2) is 4.97. The maximum absolute atomic E-state index is 14.9. The molecule has 0 radical (unpaired) electrons. The van der Waals surface area contributed by atoms with Crippen molar-refractivity contribution in [3.05, 3.63) is 18.1 Å². The SMILES string of the molecule is C[C@@]1(F)C(n2cc(C=O)c3c(N)ncnc32)OC(CO)[C@H]1O. The van der Waals surface area contributed by atoms with Crippen LogP contribution in [0.4, 0.5) is 10.2 Å². The van der Waals surface area contributed by atoms with Gasteiger partial charge in [0.25, 0.3) is 0 Å². The minimum atomic E-state index is -2.18. The first kappa shape index (κ1) is 14.8. The van der Waals surface area contributed by atoms with E-state index in [0.29, 0.717) is 11.7 Å². The molecule has 1 fully saturated rings. The highest BCUT2D eigenvalue weighted by Gasteiger charge is 2.55. The van der Waals surface area contributed by atoms with Gasteiger partial charge in [-0.3, -0.25) is 4.79 Å². The van der Waals surface area contributed by atoms with E-state index in [0.717, 1.165) is 6.92 Å². The summed E-state index contributed by atoms with van der Waals surface area (Å²) in [6.45, 7) is 0.628. The van der Waals surface area contributed by atoms with E-state index >= 15 is 0 Å². The number of carbonyl (C=O) groups is 1. The van der Waals surface area contributed by atoms with Crippen molar-refractivity contribution in [2.45, 2.75) is 31.0 Å². The first-order valence-electron chi connectivity index (χ1n) is 6.61. The summed E-state index contributed by atoms with van der Waals surface area (Å²) >= 11 is 0. The first-order chi connectivity index (χ1) is 10.4. The molecule has 0 spiro atoms. The van der Waals surface area contributed by atoms with Gasteiger partial charge in [-0.1, -0.05) is 0 Å². The van der Waals surface area contributed by atoms with Crippen LogP contribution in [0.3, 0.4) is 0 Å². The van der Waals surface area contributed by atoms with E-state index < -0.39 is 30.7 Å². The number of halogens is 1. The van der Waals surface area contributed by atoms with Crippen molar-refractivity contribution in [2.75, 3.05) is 12.3 Å². The molecular weight excluding hydrogens is 295 g/mol. The van der Waals surface area contributed by atoms with Gasteiger partial charge in [0, 0.05) is 11.8 Å². The molecule has 2 aromatic rings. The predicted molar refractivity (Wildman–Crippen MR) is 73.8 cm³/mol. The van der Waals surface area contributed by atoms with E-state index in [1.807, 2.05) is 0 Å². The smallest absolute Gasteiger partial charge is 0.181 e. The molecule has 1 aliphatic heterocycles. The quantitative estimate of drug-likeness (QED) is 0.671. The predicted octanol–water partition coefficient (Wildman–Crippen LogP) is -0.195. The van der Waals surface area contributed by atoms with Gasteiger partial charge in [-0.25, -0.2) is 14.4 Å². The Morgan fingerprint density at radius 1 is 1.59 bits per heavy atom. The Morgan fingerprint density at radius 2 is 2.32 bits per heavy atom. The van der Waals surface area contributed by atoms with Gasteiger partial charge in [0.2, 0.25) is 0 Å². The number of hydrogen-bond donors (Lipinski definition) is 3. The van der Waals surface area contributed by atoms with Crippen LogP contribution >= 0.6 is 0 Å². The molecule has 9 heteroatoms. The van der Waals surface area contributed by atoms with Crippen LogP contribution in [0, 0.1) is 0 Å². The summed E-state index contributed by atoms with van der Waals surface area (Å²) in [5, 5.41) is 19.4. The topological polar surface area (TPSA) is 123 Å². The molecule has 2 aromatic heterocycles. The summed E-state index contributed by atoms with van der Waals surface area (Å²) in [6.07, 6.45) is -0.756. The summed E-state index contributed by atoms with van der Waals surface area (Å²) in [4.78, 5) is 19.0. The van der Waals surface area contributed by atoms with Gasteiger partial charge in [-0.2, -0.15) is 0 Å². The largest absolute Gasteiger partial charge is 0.394 e. The van der Waals surface area contributed by atoms with Crippen LogP contribution < -0.4 is 5.73 Å². The average molecular weight is 310 g/mol. The lowest BCUT2D eigenvalue weighted by atomic mass is 9.98. The highest BCUT2D eigenvalue weighted by Crippen LogP contribution is 2.43. The summed E-state index contributed by atoms with van der Waals surface area (Å²) in [7, 11) is 0. The molecule has 4 atom stereocenters. The lowest BCUT2D eigenvalue weighted by Crippen LogP contribution is -2.40. The molecule has 8 nitrogen and oxygen atoms in total. The molecule has 1 aliphatic rings. The third kappa shape index (κ3) is 1.90. The fraction of sp³-hybridized carbons (Fsp3) is 0.462. The zero-order chi connectivity index (χ0) is 16.1. The number of nitrogen functional groups attached to an aromatic ring is 1. The number of aliphatic hydroxyl groups excluding tert-OH is 2. The number of hydrogen-bond acceptors (Lipinski definition) is 7. The Kier molecular flexibility index (Phi) is 3.35. The highest BCUT2D eigenvalue weighted by molar-refractivity contribution is 6.01. The van der Waals surface area contributed by atoms with Crippen LogP contribution in [0.2, 0.25) is 0 Å². The zero-order valence-electron chi connectivity index (χ0n) is 11.7. The molecule has 0 saturated carbocycles. The van der Waals surface area contributed by atoms with E-state index in [9.17, 15) is 19.4 Å². The van der Waals surface area contributed by atoms with E-state index in [1.54, 1.807) is 0 Å². The number of ether oxygens (including phenoxy) is 1. The number of alkyl halides is 1. The summed E-state index contributed by atoms with van der Waals surface area (Å²) in [5.41, 5.74) is 3.97. The van der Waals surface area contributed by atoms with E-state index in [2.05, 4.69) is 9.97 Å².